The summed E-state index contributed by atoms with van der Waals surface area (Å²) in [5.41, 5.74) is 0.159. The lowest BCUT2D eigenvalue weighted by molar-refractivity contribution is 0.0374. The van der Waals surface area contributed by atoms with Crippen molar-refractivity contribution in [2.24, 2.45) is 0 Å². The Morgan fingerprint density at radius 1 is 0.681 bits per heavy atom. The summed E-state index contributed by atoms with van der Waals surface area (Å²) in [4.78, 5) is 65.2. The predicted molar refractivity (Wildman–Crippen MR) is 179 cm³/mol. The van der Waals surface area contributed by atoms with Gasteiger partial charge < -0.3 is 20.1 Å². The number of aromatic nitrogens is 4. The summed E-state index contributed by atoms with van der Waals surface area (Å²) in [5, 5.41) is 5.80. The minimum atomic E-state index is -0.660. The van der Waals surface area contributed by atoms with Crippen LogP contribution in [0.1, 0.15) is 73.9 Å². The number of halogens is 4. The number of nitrogens with zero attached hydrogens (tertiary/aromatic N) is 4. The molecule has 2 amide bonds. The first-order chi connectivity index (χ1) is 22.2. The zero-order chi connectivity index (χ0) is 34.8. The fourth-order valence-corrected chi connectivity index (χ4v) is 4.37. The highest BCUT2D eigenvalue weighted by Gasteiger charge is 2.23. The van der Waals surface area contributed by atoms with Gasteiger partial charge in [-0.25, -0.2) is 29.5 Å². The Labute approximate surface area is 290 Å². The fourth-order valence-electron chi connectivity index (χ4n) is 3.71. The lowest BCUT2D eigenvalue weighted by Gasteiger charge is -2.13. The van der Waals surface area contributed by atoms with Gasteiger partial charge in [-0.05, 0) is 71.0 Å². The van der Waals surface area contributed by atoms with Crippen LogP contribution < -0.4 is 10.6 Å². The zero-order valence-electron chi connectivity index (χ0n) is 25.7. The standard InChI is InChI=1S/C16H15Cl2N3O3.C15H13Cl2N3O3/c1-8(2)24-16(23)11-7-13(18)12(17)6-10(11)15(22)21-14-4-5-19-9(3)20-14;1-3-23-15(22)10-7-12(17)11(16)6-9(10)14(21)20-13-4-5-18-8(2)19-13/h4-8H,1-3H3,(H,19,20,21,22);4-7H,3H2,1-2H3,(H,18,19,20,21). The van der Waals surface area contributed by atoms with Crippen LogP contribution in [0.3, 0.4) is 0 Å². The smallest absolute Gasteiger partial charge is 0.339 e. The van der Waals surface area contributed by atoms with Gasteiger partial charge in [-0.3, -0.25) is 9.59 Å². The second-order valence-electron chi connectivity index (χ2n) is 9.68. The van der Waals surface area contributed by atoms with Crippen molar-refractivity contribution in [1.82, 2.24) is 19.9 Å². The number of anilines is 2. The first-order valence-corrected chi connectivity index (χ1v) is 15.3. The molecule has 2 aromatic carbocycles. The Morgan fingerprint density at radius 2 is 1.06 bits per heavy atom. The van der Waals surface area contributed by atoms with Gasteiger partial charge in [-0.15, -0.1) is 0 Å². The fraction of sp³-hybridized carbons (Fsp3) is 0.226. The molecule has 0 atom stereocenters. The predicted octanol–water partition coefficient (Wildman–Crippen LogP) is 7.43. The maximum absolute atomic E-state index is 12.5. The van der Waals surface area contributed by atoms with Crippen LogP contribution in [-0.2, 0) is 9.47 Å². The van der Waals surface area contributed by atoms with Crippen LogP contribution >= 0.6 is 46.4 Å². The Bertz CT molecular complexity index is 1820. The molecule has 47 heavy (non-hydrogen) atoms. The van der Waals surface area contributed by atoms with Crippen LogP contribution in [0.2, 0.25) is 20.1 Å². The van der Waals surface area contributed by atoms with Crippen molar-refractivity contribution in [3.05, 3.63) is 103 Å². The maximum Gasteiger partial charge on any atom is 0.339 e. The molecule has 12 nitrogen and oxygen atoms in total. The van der Waals surface area contributed by atoms with E-state index in [-0.39, 0.29) is 55.1 Å². The van der Waals surface area contributed by atoms with Gasteiger partial charge in [-0.1, -0.05) is 46.4 Å². The molecule has 4 aromatic rings. The van der Waals surface area contributed by atoms with E-state index < -0.39 is 23.8 Å². The summed E-state index contributed by atoms with van der Waals surface area (Å²) < 4.78 is 10.1. The lowest BCUT2D eigenvalue weighted by Crippen LogP contribution is -2.20. The van der Waals surface area contributed by atoms with Crippen LogP contribution in [0, 0.1) is 13.8 Å². The van der Waals surface area contributed by atoms with Crippen LogP contribution in [0.25, 0.3) is 0 Å². The summed E-state index contributed by atoms with van der Waals surface area (Å²) in [6, 6.07) is 8.33. The highest BCUT2D eigenvalue weighted by molar-refractivity contribution is 6.43. The highest BCUT2D eigenvalue weighted by Crippen LogP contribution is 2.28. The van der Waals surface area contributed by atoms with Gasteiger partial charge in [0.15, 0.2) is 0 Å². The molecule has 0 radical (unpaired) electrons. The van der Waals surface area contributed by atoms with Crippen molar-refractivity contribution in [2.45, 2.75) is 40.7 Å². The van der Waals surface area contributed by atoms with Crippen molar-refractivity contribution in [1.29, 1.82) is 0 Å². The third kappa shape index (κ3) is 10.6. The third-order valence-electron chi connectivity index (χ3n) is 5.70. The van der Waals surface area contributed by atoms with E-state index in [9.17, 15) is 19.2 Å². The van der Waals surface area contributed by atoms with Gasteiger partial charge in [0, 0.05) is 12.4 Å². The summed E-state index contributed by atoms with van der Waals surface area (Å²) >= 11 is 23.8. The topological polar surface area (TPSA) is 162 Å². The van der Waals surface area contributed by atoms with Crippen molar-refractivity contribution in [2.75, 3.05) is 17.2 Å². The van der Waals surface area contributed by atoms with Gasteiger partial charge in [0.25, 0.3) is 11.8 Å². The minimum absolute atomic E-state index is 0.0291. The molecule has 0 aliphatic heterocycles. The molecule has 16 heteroatoms. The highest BCUT2D eigenvalue weighted by atomic mass is 35.5. The van der Waals surface area contributed by atoms with Crippen molar-refractivity contribution in [3.63, 3.8) is 0 Å². The number of nitrogens with one attached hydrogen (secondary N) is 2. The SMILES string of the molecule is CCOC(=O)c1cc(Cl)c(Cl)cc1C(=O)Nc1ccnc(C)n1.Cc1nccc(NC(=O)c2cc(Cl)c(Cl)cc2C(=O)OC(C)C)n1. The molecule has 2 heterocycles. The second-order valence-corrected chi connectivity index (χ2v) is 11.3. The number of carbonyl (C=O) groups excluding carboxylic acids is 4. The summed E-state index contributed by atoms with van der Waals surface area (Å²) in [6.07, 6.45) is 2.69. The molecule has 0 aliphatic carbocycles. The molecule has 0 aliphatic rings. The van der Waals surface area contributed by atoms with Crippen LogP contribution in [-0.4, -0.2) is 56.4 Å². The molecular formula is C31H28Cl4N6O6. The lowest BCUT2D eigenvalue weighted by atomic mass is 10.1. The summed E-state index contributed by atoms with van der Waals surface area (Å²) in [7, 11) is 0. The molecule has 2 aromatic heterocycles. The monoisotopic (exact) mass is 720 g/mol. The Morgan fingerprint density at radius 3 is 1.43 bits per heavy atom. The van der Waals surface area contributed by atoms with Crippen LogP contribution in [0.4, 0.5) is 11.6 Å². The molecule has 0 saturated heterocycles. The zero-order valence-corrected chi connectivity index (χ0v) is 28.7. The van der Waals surface area contributed by atoms with Gasteiger partial charge in [0.1, 0.15) is 23.3 Å². The Hall–Kier alpha value is -4.36. The second kappa shape index (κ2) is 17.0. The first kappa shape index (κ1) is 37.1. The number of carbonyl (C=O) groups is 4. The third-order valence-corrected chi connectivity index (χ3v) is 7.15. The van der Waals surface area contributed by atoms with Crippen LogP contribution in [0.5, 0.6) is 0 Å². The number of rotatable bonds is 8. The van der Waals surface area contributed by atoms with E-state index in [2.05, 4.69) is 30.6 Å². The van der Waals surface area contributed by atoms with E-state index in [0.717, 1.165) is 0 Å². The van der Waals surface area contributed by atoms with Crippen molar-refractivity contribution in [3.8, 4) is 0 Å². The summed E-state index contributed by atoms with van der Waals surface area (Å²) in [6.45, 7) is 8.64. The van der Waals surface area contributed by atoms with Crippen LogP contribution in [0.15, 0.2) is 48.8 Å². The van der Waals surface area contributed by atoms with Gasteiger partial charge in [0.2, 0.25) is 0 Å². The number of esters is 2. The molecule has 0 unspecified atom stereocenters. The van der Waals surface area contributed by atoms with Crippen molar-refractivity contribution < 1.29 is 28.7 Å². The molecule has 4 rings (SSSR count). The molecule has 0 spiro atoms. The average molecular weight is 722 g/mol. The average Bonchev–Trinajstić information content (AvgIpc) is 2.99. The molecule has 0 bridgehead atoms. The van der Waals surface area contributed by atoms with E-state index in [1.807, 2.05) is 0 Å². The maximum atomic E-state index is 12.5. The molecule has 0 fully saturated rings. The van der Waals surface area contributed by atoms with E-state index in [4.69, 9.17) is 55.9 Å². The number of aryl methyl sites for hydroxylation is 2. The molecular weight excluding hydrogens is 694 g/mol. The number of hydrogen-bond donors (Lipinski definition) is 2. The normalized spacial score (nSPS) is 10.4. The van der Waals surface area contributed by atoms with E-state index in [1.165, 1.54) is 48.8 Å². The minimum Gasteiger partial charge on any atom is -0.462 e. The molecule has 246 valence electrons. The van der Waals surface area contributed by atoms with E-state index in [0.29, 0.717) is 23.3 Å². The van der Waals surface area contributed by atoms with Gasteiger partial charge >= 0.3 is 11.9 Å². The quantitative estimate of drug-likeness (QED) is 0.175. The summed E-state index contributed by atoms with van der Waals surface area (Å²) in [5.74, 6) is -0.802. The number of benzene rings is 2. The number of amides is 2. The molecule has 2 N–H and O–H groups in total. The van der Waals surface area contributed by atoms with E-state index >= 15 is 0 Å². The number of hydrogen-bond acceptors (Lipinski definition) is 10. The van der Waals surface area contributed by atoms with E-state index in [1.54, 1.807) is 34.6 Å². The van der Waals surface area contributed by atoms with Crippen molar-refractivity contribution >= 4 is 81.8 Å². The molecule has 0 saturated carbocycles. The Balaban J connectivity index is 0.000000256. The largest absolute Gasteiger partial charge is 0.462 e. The Kier molecular flexibility index (Phi) is 13.4. The van der Waals surface area contributed by atoms with Gasteiger partial charge in [0.05, 0.1) is 55.1 Å². The first-order valence-electron chi connectivity index (χ1n) is 13.8. The van der Waals surface area contributed by atoms with Gasteiger partial charge in [-0.2, -0.15) is 0 Å². The number of ether oxygens (including phenoxy) is 2.